The molecule has 1 heterocycles. The van der Waals surface area contributed by atoms with Crippen LogP contribution in [0.5, 0.6) is 0 Å². The fourth-order valence-corrected chi connectivity index (χ4v) is 4.16. The van der Waals surface area contributed by atoms with Crippen molar-refractivity contribution in [2.24, 2.45) is 11.8 Å². The summed E-state index contributed by atoms with van der Waals surface area (Å²) in [5.41, 5.74) is 2.89. The highest BCUT2D eigenvalue weighted by Crippen LogP contribution is 2.55. The van der Waals surface area contributed by atoms with Crippen molar-refractivity contribution < 1.29 is 9.47 Å². The fraction of sp³-hybridized carbons (Fsp3) is 0.529. The molecule has 3 fully saturated rings. The van der Waals surface area contributed by atoms with Crippen molar-refractivity contribution in [3.63, 3.8) is 0 Å². The molecule has 100 valence electrons. The van der Waals surface area contributed by atoms with Crippen LogP contribution in [0.1, 0.15) is 31.2 Å². The molecule has 1 spiro atoms. The maximum Gasteiger partial charge on any atom is 0.174 e. The number of rotatable bonds is 1. The first kappa shape index (κ1) is 11.7. The number of hydrogen-bond acceptors (Lipinski definition) is 2. The van der Waals surface area contributed by atoms with Crippen molar-refractivity contribution in [2.45, 2.75) is 31.5 Å². The van der Waals surface area contributed by atoms with Crippen LogP contribution in [0.25, 0.3) is 6.08 Å². The van der Waals surface area contributed by atoms with Crippen molar-refractivity contribution >= 4 is 6.08 Å². The lowest BCUT2D eigenvalue weighted by molar-refractivity contribution is -0.215. The van der Waals surface area contributed by atoms with Gasteiger partial charge < -0.3 is 9.47 Å². The van der Waals surface area contributed by atoms with Gasteiger partial charge in [0, 0.05) is 11.8 Å². The normalized spacial score (nSPS) is 34.2. The quantitative estimate of drug-likeness (QED) is 0.764. The Balaban J connectivity index is 1.59. The van der Waals surface area contributed by atoms with Gasteiger partial charge in [-0.15, -0.1) is 0 Å². The molecule has 2 bridgehead atoms. The average Bonchev–Trinajstić information content (AvgIpc) is 2.97. The smallest absolute Gasteiger partial charge is 0.174 e. The molecule has 0 unspecified atom stereocenters. The molecule has 1 aromatic rings. The molecule has 1 aliphatic heterocycles. The average molecular weight is 256 g/mol. The second-order valence-corrected chi connectivity index (χ2v) is 6.01. The Morgan fingerprint density at radius 1 is 0.947 bits per heavy atom. The summed E-state index contributed by atoms with van der Waals surface area (Å²) in [5.74, 6) is 0.932. The van der Waals surface area contributed by atoms with Crippen LogP contribution in [0, 0.1) is 11.8 Å². The first-order valence-electron chi connectivity index (χ1n) is 7.39. The molecule has 3 aliphatic rings. The van der Waals surface area contributed by atoms with Crippen molar-refractivity contribution in [1.82, 2.24) is 0 Å². The fourth-order valence-electron chi connectivity index (χ4n) is 4.16. The highest BCUT2D eigenvalue weighted by Gasteiger charge is 2.57. The summed E-state index contributed by atoms with van der Waals surface area (Å²) in [4.78, 5) is 0. The van der Waals surface area contributed by atoms with Crippen LogP contribution in [0.2, 0.25) is 0 Å². The van der Waals surface area contributed by atoms with Gasteiger partial charge >= 0.3 is 0 Å². The second kappa shape index (κ2) is 4.46. The molecular formula is C17H20O2. The Morgan fingerprint density at radius 2 is 1.58 bits per heavy atom. The van der Waals surface area contributed by atoms with E-state index in [9.17, 15) is 0 Å². The molecule has 0 radical (unpaired) electrons. The van der Waals surface area contributed by atoms with Gasteiger partial charge in [0.2, 0.25) is 0 Å². The van der Waals surface area contributed by atoms with E-state index in [-0.39, 0.29) is 5.79 Å². The Hall–Kier alpha value is -1.12. The third-order valence-electron chi connectivity index (χ3n) is 4.93. The van der Waals surface area contributed by atoms with Crippen LogP contribution < -0.4 is 0 Å². The van der Waals surface area contributed by atoms with Gasteiger partial charge in [-0.1, -0.05) is 42.0 Å². The predicted molar refractivity (Wildman–Crippen MR) is 74.5 cm³/mol. The van der Waals surface area contributed by atoms with Crippen LogP contribution in [0.3, 0.4) is 0 Å². The van der Waals surface area contributed by atoms with E-state index in [0.29, 0.717) is 11.8 Å². The summed E-state index contributed by atoms with van der Waals surface area (Å²) in [6.07, 6.45) is 7.18. The number of ether oxygens (including phenoxy) is 2. The molecule has 1 aromatic carbocycles. The first-order valence-corrected chi connectivity index (χ1v) is 7.39. The molecule has 0 amide bonds. The first-order chi connectivity index (χ1) is 9.37. The van der Waals surface area contributed by atoms with Gasteiger partial charge in [-0.2, -0.15) is 0 Å². The van der Waals surface area contributed by atoms with E-state index in [4.69, 9.17) is 9.47 Å². The van der Waals surface area contributed by atoms with E-state index in [0.717, 1.165) is 26.1 Å². The molecule has 4 rings (SSSR count). The molecule has 1 saturated heterocycles. The van der Waals surface area contributed by atoms with Gasteiger partial charge in [0.05, 0.1) is 13.2 Å². The van der Waals surface area contributed by atoms with Crippen molar-refractivity contribution in [2.75, 3.05) is 13.2 Å². The van der Waals surface area contributed by atoms with E-state index in [1.165, 1.54) is 18.4 Å². The van der Waals surface area contributed by atoms with Crippen LogP contribution in [-0.4, -0.2) is 19.0 Å². The topological polar surface area (TPSA) is 18.5 Å². The summed E-state index contributed by atoms with van der Waals surface area (Å²) in [5, 5.41) is 0. The Bertz CT molecular complexity index is 467. The van der Waals surface area contributed by atoms with Crippen LogP contribution >= 0.6 is 0 Å². The van der Waals surface area contributed by atoms with Crippen LogP contribution in [-0.2, 0) is 9.47 Å². The number of hydrogen-bond donors (Lipinski definition) is 0. The van der Waals surface area contributed by atoms with E-state index in [1.807, 2.05) is 0 Å². The number of allylic oxidation sites excluding steroid dienone is 1. The summed E-state index contributed by atoms with van der Waals surface area (Å²) in [7, 11) is 0. The molecule has 0 aromatic heterocycles. The SMILES string of the molecule is C(=C1C[C@H]2CC[C@@H](C1)C21OCCO1)c1ccccc1. The molecule has 2 atom stereocenters. The van der Waals surface area contributed by atoms with Crippen molar-refractivity contribution in [3.05, 3.63) is 41.5 Å². The zero-order chi connectivity index (χ0) is 12.7. The van der Waals surface area contributed by atoms with E-state index in [1.54, 1.807) is 5.57 Å². The predicted octanol–water partition coefficient (Wildman–Crippen LogP) is 3.63. The highest BCUT2D eigenvalue weighted by atomic mass is 16.7. The Morgan fingerprint density at radius 3 is 2.21 bits per heavy atom. The van der Waals surface area contributed by atoms with Crippen molar-refractivity contribution in [3.8, 4) is 0 Å². The van der Waals surface area contributed by atoms with Gasteiger partial charge in [-0.25, -0.2) is 0 Å². The lowest BCUT2D eigenvalue weighted by Crippen LogP contribution is -2.44. The van der Waals surface area contributed by atoms with Gasteiger partial charge in [0.1, 0.15) is 0 Å². The maximum absolute atomic E-state index is 6.02. The van der Waals surface area contributed by atoms with Crippen molar-refractivity contribution in [1.29, 1.82) is 0 Å². The monoisotopic (exact) mass is 256 g/mol. The van der Waals surface area contributed by atoms with Gasteiger partial charge in [-0.3, -0.25) is 0 Å². The Labute approximate surface area is 114 Å². The molecule has 2 saturated carbocycles. The lowest BCUT2D eigenvalue weighted by atomic mass is 9.79. The summed E-state index contributed by atoms with van der Waals surface area (Å²) < 4.78 is 12.0. The van der Waals surface area contributed by atoms with Gasteiger partial charge in [0.25, 0.3) is 0 Å². The van der Waals surface area contributed by atoms with E-state index in [2.05, 4.69) is 36.4 Å². The van der Waals surface area contributed by atoms with Crippen LogP contribution in [0.4, 0.5) is 0 Å². The van der Waals surface area contributed by atoms with E-state index >= 15 is 0 Å². The summed E-state index contributed by atoms with van der Waals surface area (Å²) in [6, 6.07) is 10.6. The number of benzene rings is 1. The highest BCUT2D eigenvalue weighted by molar-refractivity contribution is 5.53. The largest absolute Gasteiger partial charge is 0.347 e. The second-order valence-electron chi connectivity index (χ2n) is 6.01. The maximum atomic E-state index is 6.02. The summed E-state index contributed by atoms with van der Waals surface area (Å²) >= 11 is 0. The van der Waals surface area contributed by atoms with Gasteiger partial charge in [-0.05, 0) is 31.2 Å². The van der Waals surface area contributed by atoms with Gasteiger partial charge in [0.15, 0.2) is 5.79 Å². The third kappa shape index (κ3) is 1.86. The molecule has 19 heavy (non-hydrogen) atoms. The molecule has 2 heteroatoms. The molecular weight excluding hydrogens is 236 g/mol. The van der Waals surface area contributed by atoms with Crippen LogP contribution in [0.15, 0.2) is 35.9 Å². The summed E-state index contributed by atoms with van der Waals surface area (Å²) in [6.45, 7) is 1.56. The molecule has 2 nitrogen and oxygen atoms in total. The molecule has 0 N–H and O–H groups in total. The lowest BCUT2D eigenvalue weighted by Gasteiger charge is -2.39. The Kier molecular flexibility index (Phi) is 2.75. The zero-order valence-corrected chi connectivity index (χ0v) is 11.2. The standard InChI is InChI=1S/C17H20O2/c1-2-4-13(5-3-1)10-14-11-15-6-7-16(12-14)17(15)18-8-9-19-17/h1-5,10,15-16H,6-9,11-12H2/t15-,16+. The third-order valence-corrected chi connectivity index (χ3v) is 4.93. The van der Waals surface area contributed by atoms with E-state index < -0.39 is 0 Å². The minimum Gasteiger partial charge on any atom is -0.347 e. The minimum absolute atomic E-state index is 0.214. The zero-order valence-electron chi connectivity index (χ0n) is 11.2. The molecule has 2 aliphatic carbocycles. The minimum atomic E-state index is -0.214.